The number of fused-ring (bicyclic) bond motifs is 1. The summed E-state index contributed by atoms with van der Waals surface area (Å²) in [5.41, 5.74) is 7.24. The largest absolute Gasteiger partial charge is 0.320 e. The fourth-order valence-electron chi connectivity index (χ4n) is 1.80. The van der Waals surface area contributed by atoms with Crippen LogP contribution in [0.2, 0.25) is 0 Å². The molecule has 76 valence electrons. The molecule has 2 aromatic rings. The summed E-state index contributed by atoms with van der Waals surface area (Å²) in [4.78, 5) is 8.27. The van der Waals surface area contributed by atoms with Gasteiger partial charge in [-0.05, 0) is 31.0 Å². The van der Waals surface area contributed by atoms with Gasteiger partial charge in [0.2, 0.25) is 0 Å². The Labute approximate surface area is 86.1 Å². The highest BCUT2D eigenvalue weighted by Crippen LogP contribution is 2.43. The summed E-state index contributed by atoms with van der Waals surface area (Å²) in [7, 11) is 0. The summed E-state index contributed by atoms with van der Waals surface area (Å²) in [6.45, 7) is 0. The van der Waals surface area contributed by atoms with Gasteiger partial charge in [-0.2, -0.15) is 0 Å². The summed E-state index contributed by atoms with van der Waals surface area (Å²) in [5.74, 6) is -0.275. The number of nitrogens with zero attached hydrogens (tertiary/aromatic N) is 2. The van der Waals surface area contributed by atoms with Crippen LogP contribution in [0.3, 0.4) is 0 Å². The third-order valence-electron chi connectivity index (χ3n) is 2.86. The van der Waals surface area contributed by atoms with Crippen molar-refractivity contribution in [3.8, 4) is 0 Å². The van der Waals surface area contributed by atoms with Crippen molar-refractivity contribution in [3.05, 3.63) is 36.0 Å². The molecule has 1 aromatic heterocycles. The summed E-state index contributed by atoms with van der Waals surface area (Å²) in [6, 6.07) is 4.51. The lowest BCUT2D eigenvalue weighted by Gasteiger charge is -2.10. The Morgan fingerprint density at radius 1 is 1.27 bits per heavy atom. The predicted molar refractivity (Wildman–Crippen MR) is 54.6 cm³/mol. The van der Waals surface area contributed by atoms with E-state index >= 15 is 0 Å². The maximum Gasteiger partial charge on any atom is 0.124 e. The Morgan fingerprint density at radius 3 is 2.80 bits per heavy atom. The van der Waals surface area contributed by atoms with Crippen LogP contribution in [0.15, 0.2) is 24.5 Å². The molecular formula is C11H10FN3. The topological polar surface area (TPSA) is 51.8 Å². The molecule has 15 heavy (non-hydrogen) atoms. The van der Waals surface area contributed by atoms with Gasteiger partial charge < -0.3 is 5.73 Å². The minimum Gasteiger partial charge on any atom is -0.320 e. The molecule has 1 heterocycles. The Balaban J connectivity index is 2.33. The molecule has 1 fully saturated rings. The first-order valence-corrected chi connectivity index (χ1v) is 4.89. The molecule has 0 spiro atoms. The van der Waals surface area contributed by atoms with Gasteiger partial charge >= 0.3 is 0 Å². The molecule has 3 nitrogen and oxygen atoms in total. The molecule has 1 aliphatic rings. The van der Waals surface area contributed by atoms with Crippen LogP contribution < -0.4 is 5.73 Å². The van der Waals surface area contributed by atoms with Gasteiger partial charge in [0.15, 0.2) is 0 Å². The molecule has 0 amide bonds. The first kappa shape index (κ1) is 8.73. The number of halogens is 1. The second kappa shape index (κ2) is 2.73. The number of aromatic nitrogens is 2. The minimum absolute atomic E-state index is 0.275. The highest BCUT2D eigenvalue weighted by molar-refractivity contribution is 5.82. The van der Waals surface area contributed by atoms with E-state index in [4.69, 9.17) is 5.73 Å². The lowest BCUT2D eigenvalue weighted by molar-refractivity contribution is 0.628. The molecule has 0 radical (unpaired) electrons. The lowest BCUT2D eigenvalue weighted by atomic mass is 10.1. The highest BCUT2D eigenvalue weighted by Gasteiger charge is 2.42. The number of rotatable bonds is 1. The molecule has 0 bridgehead atoms. The molecule has 0 unspecified atom stereocenters. The summed E-state index contributed by atoms with van der Waals surface area (Å²) in [6.07, 6.45) is 3.31. The maximum atomic E-state index is 13.1. The van der Waals surface area contributed by atoms with Crippen LogP contribution >= 0.6 is 0 Å². The predicted octanol–water partition coefficient (Wildman–Crippen LogP) is 1.72. The van der Waals surface area contributed by atoms with E-state index in [-0.39, 0.29) is 11.4 Å². The van der Waals surface area contributed by atoms with E-state index < -0.39 is 0 Å². The normalized spacial score (nSPS) is 18.0. The summed E-state index contributed by atoms with van der Waals surface area (Å²) in [5, 5.41) is 0.734. The zero-order valence-electron chi connectivity index (χ0n) is 8.07. The van der Waals surface area contributed by atoms with Crippen LogP contribution in [0.1, 0.15) is 18.5 Å². The Kier molecular flexibility index (Phi) is 1.59. The van der Waals surface area contributed by atoms with E-state index in [0.717, 1.165) is 29.4 Å². The average molecular weight is 203 g/mol. The SMILES string of the molecule is NC1(c2ncnc3ccc(F)cc23)CC1. The number of benzene rings is 1. The van der Waals surface area contributed by atoms with Crippen LogP contribution in [0.5, 0.6) is 0 Å². The highest BCUT2D eigenvalue weighted by atomic mass is 19.1. The van der Waals surface area contributed by atoms with Gasteiger partial charge in [-0.3, -0.25) is 0 Å². The second-order valence-electron chi connectivity index (χ2n) is 4.04. The molecule has 0 saturated heterocycles. The van der Waals surface area contributed by atoms with Crippen molar-refractivity contribution in [3.63, 3.8) is 0 Å². The van der Waals surface area contributed by atoms with E-state index in [1.54, 1.807) is 6.07 Å². The number of nitrogens with two attached hydrogens (primary N) is 1. The molecule has 1 aliphatic carbocycles. The van der Waals surface area contributed by atoms with Gasteiger partial charge in [-0.15, -0.1) is 0 Å². The van der Waals surface area contributed by atoms with E-state index in [1.165, 1.54) is 18.5 Å². The molecular weight excluding hydrogens is 193 g/mol. The van der Waals surface area contributed by atoms with Crippen molar-refractivity contribution in [2.75, 3.05) is 0 Å². The van der Waals surface area contributed by atoms with Gasteiger partial charge in [0, 0.05) is 5.39 Å². The average Bonchev–Trinajstić information content (AvgIpc) is 2.96. The zero-order valence-corrected chi connectivity index (χ0v) is 8.07. The first-order valence-electron chi connectivity index (χ1n) is 4.89. The van der Waals surface area contributed by atoms with Crippen molar-refractivity contribution in [2.45, 2.75) is 18.4 Å². The van der Waals surface area contributed by atoms with Gasteiger partial charge in [-0.1, -0.05) is 0 Å². The Morgan fingerprint density at radius 2 is 2.07 bits per heavy atom. The fourth-order valence-corrected chi connectivity index (χ4v) is 1.80. The Bertz CT molecular complexity index is 534. The van der Waals surface area contributed by atoms with E-state index in [1.807, 2.05) is 0 Å². The second-order valence-corrected chi connectivity index (χ2v) is 4.04. The lowest BCUT2D eigenvalue weighted by Crippen LogP contribution is -2.20. The standard InChI is InChI=1S/C11H10FN3/c12-7-1-2-9-8(5-7)10(15-6-14-9)11(13)3-4-11/h1-2,5-6H,3-4,13H2. The summed E-state index contributed by atoms with van der Waals surface area (Å²) < 4.78 is 13.1. The van der Waals surface area contributed by atoms with Gasteiger partial charge in [-0.25, -0.2) is 14.4 Å². The third-order valence-corrected chi connectivity index (χ3v) is 2.86. The van der Waals surface area contributed by atoms with Crippen molar-refractivity contribution < 1.29 is 4.39 Å². The third kappa shape index (κ3) is 1.29. The Hall–Kier alpha value is -1.55. The monoisotopic (exact) mass is 203 g/mol. The van der Waals surface area contributed by atoms with Crippen LogP contribution in [-0.2, 0) is 5.54 Å². The summed E-state index contributed by atoms with van der Waals surface area (Å²) >= 11 is 0. The number of hydrogen-bond acceptors (Lipinski definition) is 3. The minimum atomic E-state index is -0.352. The van der Waals surface area contributed by atoms with Gasteiger partial charge in [0.05, 0.1) is 16.7 Å². The quantitative estimate of drug-likeness (QED) is 0.767. The van der Waals surface area contributed by atoms with Crippen molar-refractivity contribution in [2.24, 2.45) is 5.73 Å². The first-order chi connectivity index (χ1) is 7.19. The molecule has 1 saturated carbocycles. The van der Waals surface area contributed by atoms with Crippen molar-refractivity contribution >= 4 is 10.9 Å². The zero-order chi connectivity index (χ0) is 10.5. The van der Waals surface area contributed by atoms with Crippen LogP contribution in [0.4, 0.5) is 4.39 Å². The smallest absolute Gasteiger partial charge is 0.124 e. The van der Waals surface area contributed by atoms with Crippen LogP contribution in [0.25, 0.3) is 10.9 Å². The molecule has 1 aromatic carbocycles. The fraction of sp³-hybridized carbons (Fsp3) is 0.273. The maximum absolute atomic E-state index is 13.1. The van der Waals surface area contributed by atoms with Gasteiger partial charge in [0.25, 0.3) is 0 Å². The van der Waals surface area contributed by atoms with E-state index in [2.05, 4.69) is 9.97 Å². The number of hydrogen-bond donors (Lipinski definition) is 1. The molecule has 2 N–H and O–H groups in total. The molecule has 3 rings (SSSR count). The van der Waals surface area contributed by atoms with Crippen molar-refractivity contribution in [1.29, 1.82) is 0 Å². The van der Waals surface area contributed by atoms with Crippen molar-refractivity contribution in [1.82, 2.24) is 9.97 Å². The van der Waals surface area contributed by atoms with Gasteiger partial charge in [0.1, 0.15) is 12.1 Å². The van der Waals surface area contributed by atoms with E-state index in [0.29, 0.717) is 0 Å². The molecule has 0 atom stereocenters. The van der Waals surface area contributed by atoms with Crippen LogP contribution in [0, 0.1) is 5.82 Å². The van der Waals surface area contributed by atoms with E-state index in [9.17, 15) is 4.39 Å². The molecule has 4 heteroatoms. The van der Waals surface area contributed by atoms with Crippen LogP contribution in [-0.4, -0.2) is 9.97 Å². The molecule has 0 aliphatic heterocycles.